The van der Waals surface area contributed by atoms with Crippen molar-refractivity contribution in [2.24, 2.45) is 28.6 Å². The van der Waals surface area contributed by atoms with Crippen molar-refractivity contribution in [2.45, 2.75) is 40.5 Å². The maximum atomic E-state index is 11.6. The van der Waals surface area contributed by atoms with Crippen molar-refractivity contribution >= 4 is 23.6 Å². The molecule has 134 valence electrons. The number of nitrogens with two attached hydrogens (primary N) is 1. The van der Waals surface area contributed by atoms with Gasteiger partial charge in [0.15, 0.2) is 0 Å². The van der Waals surface area contributed by atoms with Crippen LogP contribution in [0.1, 0.15) is 56.5 Å². The minimum Gasteiger partial charge on any atom is -0.366 e. The number of amides is 1. The molecule has 5 heteroatoms. The molecule has 0 radical (unpaired) electrons. The van der Waals surface area contributed by atoms with Gasteiger partial charge in [0.05, 0.1) is 5.70 Å². The third-order valence-corrected chi connectivity index (χ3v) is 4.86. The van der Waals surface area contributed by atoms with Crippen LogP contribution < -0.4 is 11.2 Å². The van der Waals surface area contributed by atoms with E-state index in [1.807, 2.05) is 32.2 Å². The molecule has 1 amide bonds. The lowest BCUT2D eigenvalue weighted by Crippen LogP contribution is -2.13. The summed E-state index contributed by atoms with van der Waals surface area (Å²) in [4.78, 5) is 22.8. The monoisotopic (exact) mass is 341 g/mol. The highest BCUT2D eigenvalue weighted by Crippen LogP contribution is 2.35. The van der Waals surface area contributed by atoms with Crippen molar-refractivity contribution in [2.75, 3.05) is 0 Å². The molecule has 1 saturated carbocycles. The number of nitrogens with zero attached hydrogens (tertiary/aromatic N) is 1. The van der Waals surface area contributed by atoms with Gasteiger partial charge in [-0.05, 0) is 63.1 Å². The van der Waals surface area contributed by atoms with E-state index in [0.29, 0.717) is 17.4 Å². The van der Waals surface area contributed by atoms with Gasteiger partial charge in [0.2, 0.25) is 5.91 Å². The molecule has 0 heterocycles. The predicted octanol–water partition coefficient (Wildman–Crippen LogP) is 3.36. The normalized spacial score (nSPS) is 22.8. The van der Waals surface area contributed by atoms with E-state index in [1.54, 1.807) is 19.1 Å². The smallest absolute Gasteiger partial charge is 0.248 e. The summed E-state index contributed by atoms with van der Waals surface area (Å²) in [7, 11) is 0. The summed E-state index contributed by atoms with van der Waals surface area (Å²) in [6.45, 7) is 7.82. The Labute approximate surface area is 149 Å². The van der Waals surface area contributed by atoms with Crippen LogP contribution in [-0.2, 0) is 4.79 Å². The summed E-state index contributed by atoms with van der Waals surface area (Å²) in [5.41, 5.74) is 11.8. The van der Waals surface area contributed by atoms with Crippen LogP contribution in [0.25, 0.3) is 5.70 Å². The van der Waals surface area contributed by atoms with Gasteiger partial charge in [-0.2, -0.15) is 5.10 Å². The molecule has 0 bridgehead atoms. The second-order valence-corrected chi connectivity index (χ2v) is 7.13. The van der Waals surface area contributed by atoms with Gasteiger partial charge in [0.1, 0.15) is 5.78 Å². The molecule has 0 aliphatic heterocycles. The lowest BCUT2D eigenvalue weighted by molar-refractivity contribution is -0.121. The number of nitrogens with one attached hydrogen (secondary N) is 1. The van der Waals surface area contributed by atoms with Crippen LogP contribution in [0.3, 0.4) is 0 Å². The van der Waals surface area contributed by atoms with Crippen LogP contribution >= 0.6 is 0 Å². The summed E-state index contributed by atoms with van der Waals surface area (Å²) < 4.78 is 0. The molecule has 3 unspecified atom stereocenters. The molecular formula is C20H27N3O2. The maximum Gasteiger partial charge on any atom is 0.248 e. The van der Waals surface area contributed by atoms with Crippen LogP contribution in [0.2, 0.25) is 0 Å². The van der Waals surface area contributed by atoms with Crippen molar-refractivity contribution in [3.8, 4) is 0 Å². The number of hydrogen-bond donors (Lipinski definition) is 2. The van der Waals surface area contributed by atoms with Crippen molar-refractivity contribution in [1.82, 2.24) is 5.43 Å². The number of Topliss-reactive ketones (excluding diaryl/α,β-unsaturated/α-hetero) is 1. The van der Waals surface area contributed by atoms with Gasteiger partial charge in [0.25, 0.3) is 0 Å². The lowest BCUT2D eigenvalue weighted by Gasteiger charge is -2.11. The average molecular weight is 341 g/mol. The molecule has 0 aromatic heterocycles. The zero-order valence-corrected chi connectivity index (χ0v) is 15.4. The molecule has 1 aliphatic carbocycles. The van der Waals surface area contributed by atoms with Gasteiger partial charge in [0, 0.05) is 17.7 Å². The van der Waals surface area contributed by atoms with Gasteiger partial charge in [-0.3, -0.25) is 15.0 Å². The largest absolute Gasteiger partial charge is 0.366 e. The minimum absolute atomic E-state index is 0.153. The van der Waals surface area contributed by atoms with Gasteiger partial charge in [-0.1, -0.05) is 24.6 Å². The van der Waals surface area contributed by atoms with E-state index in [1.165, 1.54) is 0 Å². The number of ketones is 1. The molecule has 5 nitrogen and oxygen atoms in total. The predicted molar refractivity (Wildman–Crippen MR) is 101 cm³/mol. The zero-order chi connectivity index (χ0) is 18.6. The molecule has 0 saturated heterocycles. The fourth-order valence-electron chi connectivity index (χ4n) is 3.46. The van der Waals surface area contributed by atoms with Crippen molar-refractivity contribution in [1.29, 1.82) is 0 Å². The standard InChI is InChI=1S/C20H27N3O2/c1-12(2)19(16-5-7-17(8-6-16)20(21)25)23-22-11-15-9-13(3)18(10-15)14(4)24/h5-8,11,13,15,18,23H,9-10H2,1-4H3,(H2,21,25)/b22-11-. The minimum atomic E-state index is -0.438. The fourth-order valence-corrected chi connectivity index (χ4v) is 3.46. The number of rotatable bonds is 6. The van der Waals surface area contributed by atoms with Crippen molar-refractivity contribution in [3.63, 3.8) is 0 Å². The number of hydrazone groups is 1. The third-order valence-electron chi connectivity index (χ3n) is 4.86. The molecule has 3 N–H and O–H groups in total. The first kappa shape index (κ1) is 18.9. The zero-order valence-electron chi connectivity index (χ0n) is 15.4. The summed E-state index contributed by atoms with van der Waals surface area (Å²) in [6.07, 6.45) is 3.78. The molecule has 1 fully saturated rings. The Morgan fingerprint density at radius 2 is 1.72 bits per heavy atom. The topological polar surface area (TPSA) is 84.6 Å². The molecule has 0 spiro atoms. The second kappa shape index (κ2) is 8.10. The first-order chi connectivity index (χ1) is 11.8. The van der Waals surface area contributed by atoms with Crippen LogP contribution in [0, 0.1) is 17.8 Å². The second-order valence-electron chi connectivity index (χ2n) is 7.13. The van der Waals surface area contributed by atoms with E-state index in [-0.39, 0.29) is 11.7 Å². The Morgan fingerprint density at radius 3 is 2.20 bits per heavy atom. The number of carbonyl (C=O) groups is 2. The SMILES string of the molecule is CC(=O)C1CC(/C=N\NC(=C(C)C)c2ccc(C(N)=O)cc2)CC1C. The fraction of sp³-hybridized carbons (Fsp3) is 0.450. The van der Waals surface area contributed by atoms with Gasteiger partial charge in [-0.15, -0.1) is 0 Å². The molecule has 3 atom stereocenters. The van der Waals surface area contributed by atoms with Crippen LogP contribution in [0.5, 0.6) is 0 Å². The van der Waals surface area contributed by atoms with E-state index < -0.39 is 5.91 Å². The van der Waals surface area contributed by atoms with E-state index in [9.17, 15) is 9.59 Å². The lowest BCUT2D eigenvalue weighted by atomic mass is 9.95. The molecular weight excluding hydrogens is 314 g/mol. The average Bonchev–Trinajstić information content (AvgIpc) is 2.92. The highest BCUT2D eigenvalue weighted by molar-refractivity contribution is 5.93. The highest BCUT2D eigenvalue weighted by atomic mass is 16.1. The molecule has 1 aromatic carbocycles. The van der Waals surface area contributed by atoms with E-state index in [4.69, 9.17) is 5.73 Å². The number of allylic oxidation sites excluding steroid dienone is 1. The first-order valence-corrected chi connectivity index (χ1v) is 8.67. The number of primary amides is 1. The van der Waals surface area contributed by atoms with Gasteiger partial charge >= 0.3 is 0 Å². The summed E-state index contributed by atoms with van der Waals surface area (Å²) >= 11 is 0. The summed E-state index contributed by atoms with van der Waals surface area (Å²) in [6, 6.07) is 7.13. The Bertz CT molecular complexity index is 700. The van der Waals surface area contributed by atoms with Crippen LogP contribution in [0.15, 0.2) is 34.9 Å². The van der Waals surface area contributed by atoms with E-state index in [0.717, 1.165) is 29.7 Å². The highest BCUT2D eigenvalue weighted by Gasteiger charge is 2.33. The van der Waals surface area contributed by atoms with E-state index in [2.05, 4.69) is 17.5 Å². The molecule has 2 rings (SSSR count). The molecule has 25 heavy (non-hydrogen) atoms. The van der Waals surface area contributed by atoms with Crippen LogP contribution in [-0.4, -0.2) is 17.9 Å². The van der Waals surface area contributed by atoms with Crippen LogP contribution in [0.4, 0.5) is 0 Å². The molecule has 1 aliphatic rings. The molecule has 1 aromatic rings. The Balaban J connectivity index is 2.05. The summed E-state index contributed by atoms with van der Waals surface area (Å²) in [5, 5.41) is 4.40. The van der Waals surface area contributed by atoms with Crippen molar-refractivity contribution < 1.29 is 9.59 Å². The number of hydrogen-bond acceptors (Lipinski definition) is 4. The van der Waals surface area contributed by atoms with Gasteiger partial charge in [-0.25, -0.2) is 0 Å². The Hall–Kier alpha value is -2.43. The number of benzene rings is 1. The first-order valence-electron chi connectivity index (χ1n) is 8.67. The summed E-state index contributed by atoms with van der Waals surface area (Å²) in [5.74, 6) is 0.730. The Morgan fingerprint density at radius 1 is 1.12 bits per heavy atom. The maximum absolute atomic E-state index is 11.6. The van der Waals surface area contributed by atoms with E-state index >= 15 is 0 Å². The quantitative estimate of drug-likeness (QED) is 0.614. The third kappa shape index (κ3) is 4.78. The Kier molecular flexibility index (Phi) is 6.12. The number of carbonyl (C=O) groups excluding carboxylic acids is 2. The van der Waals surface area contributed by atoms with Gasteiger partial charge < -0.3 is 5.73 Å². The van der Waals surface area contributed by atoms with Crippen molar-refractivity contribution in [3.05, 3.63) is 41.0 Å².